The maximum atomic E-state index is 11.9. The van der Waals surface area contributed by atoms with Gasteiger partial charge in [0.2, 0.25) is 5.91 Å². The summed E-state index contributed by atoms with van der Waals surface area (Å²) in [7, 11) is 0. The van der Waals surface area contributed by atoms with Gasteiger partial charge >= 0.3 is 5.97 Å². The number of rotatable bonds is 6. The van der Waals surface area contributed by atoms with Crippen LogP contribution < -0.4 is 11.1 Å². The Balaban J connectivity index is 2.79. The predicted molar refractivity (Wildman–Crippen MR) is 71.3 cm³/mol. The largest absolute Gasteiger partial charge is 0.480 e. The Kier molecular flexibility index (Phi) is 5.45. The van der Waals surface area contributed by atoms with Crippen molar-refractivity contribution in [3.05, 3.63) is 28.5 Å². The second-order valence-corrected chi connectivity index (χ2v) is 4.58. The van der Waals surface area contributed by atoms with Gasteiger partial charge in [-0.1, -0.05) is 11.6 Å². The van der Waals surface area contributed by atoms with E-state index in [1.165, 1.54) is 12.1 Å². The standard InChI is InChI=1S/C12H14ClN3O4/c1-6-4-7(5-9(13)15-6)11(18)16-8(12(19)20)2-3-10(14)17/h4-5,8H,2-3H2,1H3,(H2,14,17)(H,16,18)(H,19,20)/t8-/m1/s1. The van der Waals surface area contributed by atoms with E-state index in [9.17, 15) is 14.4 Å². The maximum Gasteiger partial charge on any atom is 0.326 e. The summed E-state index contributed by atoms with van der Waals surface area (Å²) in [5.74, 6) is -2.47. The molecule has 0 unspecified atom stereocenters. The lowest BCUT2D eigenvalue weighted by molar-refractivity contribution is -0.139. The van der Waals surface area contributed by atoms with Gasteiger partial charge in [0.05, 0.1) is 0 Å². The molecular formula is C12H14ClN3O4. The molecule has 1 rings (SSSR count). The van der Waals surface area contributed by atoms with E-state index < -0.39 is 23.8 Å². The fraction of sp³-hybridized carbons (Fsp3) is 0.333. The summed E-state index contributed by atoms with van der Waals surface area (Å²) in [6, 6.07) is 1.62. The van der Waals surface area contributed by atoms with Gasteiger partial charge in [-0.3, -0.25) is 9.59 Å². The van der Waals surface area contributed by atoms with Crippen molar-refractivity contribution in [1.82, 2.24) is 10.3 Å². The Morgan fingerprint density at radius 2 is 2.10 bits per heavy atom. The Morgan fingerprint density at radius 1 is 1.45 bits per heavy atom. The summed E-state index contributed by atoms with van der Waals surface area (Å²) < 4.78 is 0. The first-order valence-electron chi connectivity index (χ1n) is 5.75. The number of pyridine rings is 1. The molecule has 8 heteroatoms. The van der Waals surface area contributed by atoms with Crippen LogP contribution in [0, 0.1) is 6.92 Å². The number of carbonyl (C=O) groups excluding carboxylic acids is 2. The van der Waals surface area contributed by atoms with Crippen LogP contribution in [0.5, 0.6) is 0 Å². The summed E-state index contributed by atoms with van der Waals surface area (Å²) in [5.41, 5.74) is 5.69. The molecular weight excluding hydrogens is 286 g/mol. The number of carboxylic acid groups (broad SMARTS) is 1. The summed E-state index contributed by atoms with van der Waals surface area (Å²) in [4.78, 5) is 37.5. The number of amides is 2. The number of nitrogens with one attached hydrogen (secondary N) is 1. The first kappa shape index (κ1) is 15.9. The number of carbonyl (C=O) groups is 3. The van der Waals surface area contributed by atoms with Gasteiger partial charge in [0, 0.05) is 17.7 Å². The molecule has 2 amide bonds. The van der Waals surface area contributed by atoms with E-state index in [-0.39, 0.29) is 23.6 Å². The number of aliphatic carboxylic acids is 1. The van der Waals surface area contributed by atoms with Gasteiger partial charge in [0.25, 0.3) is 5.91 Å². The van der Waals surface area contributed by atoms with Gasteiger partial charge < -0.3 is 16.2 Å². The average Bonchev–Trinajstić information content (AvgIpc) is 2.32. The molecule has 0 saturated heterocycles. The van der Waals surface area contributed by atoms with Crippen molar-refractivity contribution in [2.45, 2.75) is 25.8 Å². The molecule has 0 fully saturated rings. The highest BCUT2D eigenvalue weighted by Crippen LogP contribution is 2.11. The number of carboxylic acids is 1. The van der Waals surface area contributed by atoms with Gasteiger partial charge in [0.15, 0.2) is 0 Å². The molecule has 0 spiro atoms. The van der Waals surface area contributed by atoms with Crippen molar-refractivity contribution in [3.63, 3.8) is 0 Å². The SMILES string of the molecule is Cc1cc(C(=O)N[C@H](CCC(N)=O)C(=O)O)cc(Cl)n1. The Bertz CT molecular complexity index is 527. The van der Waals surface area contributed by atoms with Crippen molar-refractivity contribution < 1.29 is 19.5 Å². The van der Waals surface area contributed by atoms with Crippen LogP contribution in [0.25, 0.3) is 0 Å². The van der Waals surface area contributed by atoms with Crippen molar-refractivity contribution in [3.8, 4) is 0 Å². The molecule has 108 valence electrons. The van der Waals surface area contributed by atoms with Crippen LogP contribution in [-0.4, -0.2) is 33.9 Å². The first-order valence-corrected chi connectivity index (χ1v) is 6.13. The van der Waals surface area contributed by atoms with Gasteiger partial charge in [-0.25, -0.2) is 9.78 Å². The molecule has 0 bridgehead atoms. The lowest BCUT2D eigenvalue weighted by Gasteiger charge is -2.14. The molecule has 0 aliphatic heterocycles. The highest BCUT2D eigenvalue weighted by Gasteiger charge is 2.21. The van der Waals surface area contributed by atoms with Crippen molar-refractivity contribution in [1.29, 1.82) is 0 Å². The summed E-state index contributed by atoms with van der Waals surface area (Å²) in [6.07, 6.45) is -0.207. The number of nitrogens with two attached hydrogens (primary N) is 1. The molecule has 0 aliphatic carbocycles. The zero-order valence-corrected chi connectivity index (χ0v) is 11.5. The molecule has 7 nitrogen and oxygen atoms in total. The van der Waals surface area contributed by atoms with E-state index in [0.717, 1.165) is 0 Å². The summed E-state index contributed by atoms with van der Waals surface area (Å²) >= 11 is 5.73. The quantitative estimate of drug-likeness (QED) is 0.660. The third-order valence-corrected chi connectivity index (χ3v) is 2.66. The number of hydrogen-bond donors (Lipinski definition) is 3. The van der Waals surface area contributed by atoms with E-state index in [0.29, 0.717) is 5.69 Å². The van der Waals surface area contributed by atoms with Crippen LogP contribution in [0.3, 0.4) is 0 Å². The molecule has 0 saturated carbocycles. The zero-order valence-electron chi connectivity index (χ0n) is 10.7. The molecule has 0 aliphatic rings. The van der Waals surface area contributed by atoms with Gasteiger partial charge in [0.1, 0.15) is 11.2 Å². The van der Waals surface area contributed by atoms with Crippen LogP contribution in [0.4, 0.5) is 0 Å². The van der Waals surface area contributed by atoms with Crippen LogP contribution in [0.2, 0.25) is 5.15 Å². The number of halogens is 1. The van der Waals surface area contributed by atoms with Crippen LogP contribution >= 0.6 is 11.6 Å². The smallest absolute Gasteiger partial charge is 0.326 e. The Morgan fingerprint density at radius 3 is 2.60 bits per heavy atom. The van der Waals surface area contributed by atoms with Crippen molar-refractivity contribution in [2.24, 2.45) is 5.73 Å². The number of primary amides is 1. The maximum absolute atomic E-state index is 11.9. The molecule has 1 aromatic heterocycles. The minimum Gasteiger partial charge on any atom is -0.480 e. The number of hydrogen-bond acceptors (Lipinski definition) is 4. The number of aromatic nitrogens is 1. The van der Waals surface area contributed by atoms with Gasteiger partial charge in [-0.05, 0) is 25.5 Å². The normalized spacial score (nSPS) is 11.7. The van der Waals surface area contributed by atoms with E-state index in [2.05, 4.69) is 10.3 Å². The highest BCUT2D eigenvalue weighted by atomic mass is 35.5. The number of nitrogens with zero attached hydrogens (tertiary/aromatic N) is 1. The Hall–Kier alpha value is -2.15. The lowest BCUT2D eigenvalue weighted by atomic mass is 10.1. The number of aryl methyl sites for hydroxylation is 1. The van der Waals surface area contributed by atoms with Crippen LogP contribution in [-0.2, 0) is 9.59 Å². The topological polar surface area (TPSA) is 122 Å². The van der Waals surface area contributed by atoms with Crippen molar-refractivity contribution in [2.75, 3.05) is 0 Å². The second-order valence-electron chi connectivity index (χ2n) is 4.19. The molecule has 4 N–H and O–H groups in total. The third-order valence-electron chi connectivity index (χ3n) is 2.47. The van der Waals surface area contributed by atoms with Gasteiger partial charge in [-0.2, -0.15) is 0 Å². The summed E-state index contributed by atoms with van der Waals surface area (Å²) in [5, 5.41) is 11.4. The van der Waals surface area contributed by atoms with Gasteiger partial charge in [-0.15, -0.1) is 0 Å². The Labute approximate surface area is 120 Å². The second kappa shape index (κ2) is 6.85. The molecule has 0 radical (unpaired) electrons. The fourth-order valence-corrected chi connectivity index (χ4v) is 1.80. The molecule has 1 atom stereocenters. The van der Waals surface area contributed by atoms with E-state index in [1.807, 2.05) is 0 Å². The third kappa shape index (κ3) is 4.85. The van der Waals surface area contributed by atoms with E-state index in [4.69, 9.17) is 22.4 Å². The van der Waals surface area contributed by atoms with E-state index >= 15 is 0 Å². The molecule has 0 aromatic carbocycles. The molecule has 1 aromatic rings. The van der Waals surface area contributed by atoms with Crippen LogP contribution in [0.15, 0.2) is 12.1 Å². The minimum atomic E-state index is -1.24. The van der Waals surface area contributed by atoms with Crippen molar-refractivity contribution >= 4 is 29.4 Å². The van der Waals surface area contributed by atoms with Crippen LogP contribution in [0.1, 0.15) is 28.9 Å². The zero-order chi connectivity index (χ0) is 15.3. The fourth-order valence-electron chi connectivity index (χ4n) is 1.54. The minimum absolute atomic E-state index is 0.0752. The lowest BCUT2D eigenvalue weighted by Crippen LogP contribution is -2.41. The molecule has 20 heavy (non-hydrogen) atoms. The predicted octanol–water partition coefficient (Wildman–Crippen LogP) is 0.492. The molecule has 1 heterocycles. The average molecular weight is 300 g/mol. The van der Waals surface area contributed by atoms with E-state index in [1.54, 1.807) is 6.92 Å². The highest BCUT2D eigenvalue weighted by molar-refractivity contribution is 6.29. The first-order chi connectivity index (χ1) is 9.29. The summed E-state index contributed by atoms with van der Waals surface area (Å²) in [6.45, 7) is 1.66. The monoisotopic (exact) mass is 299 g/mol.